The van der Waals surface area contributed by atoms with Crippen LogP contribution in [0.3, 0.4) is 0 Å². The Hall–Kier alpha value is -1.26. The van der Waals surface area contributed by atoms with E-state index >= 15 is 0 Å². The molecule has 0 saturated carbocycles. The first kappa shape index (κ1) is 17.1. The first-order valence-corrected chi connectivity index (χ1v) is 8.43. The standard InChI is InChI=1S/C17H27ClN4/c1-19-17(21-13-14-8-11-22(2)12-9-14)20-10-7-15-5-3-4-6-16(15)18/h3-6,14H,7-13H2,1-2H3,(H2,19,20,21). The number of hydrogen-bond acceptors (Lipinski definition) is 2. The van der Waals surface area contributed by atoms with Crippen LogP contribution in [0.5, 0.6) is 0 Å². The van der Waals surface area contributed by atoms with Gasteiger partial charge in [0.05, 0.1) is 0 Å². The van der Waals surface area contributed by atoms with Crippen LogP contribution in [0.2, 0.25) is 5.02 Å². The molecule has 0 spiro atoms. The minimum atomic E-state index is 0.748. The molecule has 0 aromatic heterocycles. The molecule has 2 rings (SSSR count). The zero-order valence-corrected chi connectivity index (χ0v) is 14.4. The maximum atomic E-state index is 6.17. The Kier molecular flexibility index (Phi) is 7.00. The van der Waals surface area contributed by atoms with E-state index in [1.165, 1.54) is 31.5 Å². The van der Waals surface area contributed by atoms with Crippen LogP contribution in [0.25, 0.3) is 0 Å². The molecule has 4 nitrogen and oxygen atoms in total. The SMILES string of the molecule is CN=C(NCCc1ccccc1Cl)NCC1CCN(C)CC1. The molecule has 22 heavy (non-hydrogen) atoms. The Morgan fingerprint density at radius 2 is 2.00 bits per heavy atom. The second-order valence-electron chi connectivity index (χ2n) is 5.97. The van der Waals surface area contributed by atoms with Gasteiger partial charge in [-0.2, -0.15) is 0 Å². The van der Waals surface area contributed by atoms with Gasteiger partial charge in [-0.1, -0.05) is 29.8 Å². The fourth-order valence-electron chi connectivity index (χ4n) is 2.74. The van der Waals surface area contributed by atoms with E-state index < -0.39 is 0 Å². The Morgan fingerprint density at radius 1 is 1.27 bits per heavy atom. The molecule has 1 aromatic rings. The van der Waals surface area contributed by atoms with Crippen molar-refractivity contribution in [1.82, 2.24) is 15.5 Å². The van der Waals surface area contributed by atoms with E-state index in [2.05, 4.69) is 33.6 Å². The lowest BCUT2D eigenvalue weighted by Gasteiger charge is -2.29. The smallest absolute Gasteiger partial charge is 0.190 e. The van der Waals surface area contributed by atoms with Crippen LogP contribution >= 0.6 is 11.6 Å². The van der Waals surface area contributed by atoms with Gasteiger partial charge in [0.15, 0.2) is 5.96 Å². The molecule has 1 aromatic carbocycles. The number of halogens is 1. The number of guanidine groups is 1. The van der Waals surface area contributed by atoms with Gasteiger partial charge >= 0.3 is 0 Å². The Morgan fingerprint density at radius 3 is 2.68 bits per heavy atom. The Bertz CT molecular complexity index is 481. The predicted molar refractivity (Wildman–Crippen MR) is 94.7 cm³/mol. The summed E-state index contributed by atoms with van der Waals surface area (Å²) >= 11 is 6.17. The molecule has 1 aliphatic rings. The number of nitrogens with zero attached hydrogens (tertiary/aromatic N) is 2. The van der Waals surface area contributed by atoms with E-state index in [1.807, 2.05) is 25.2 Å². The van der Waals surface area contributed by atoms with Crippen molar-refractivity contribution >= 4 is 17.6 Å². The summed E-state index contributed by atoms with van der Waals surface area (Å²) < 4.78 is 0. The largest absolute Gasteiger partial charge is 0.356 e. The van der Waals surface area contributed by atoms with Gasteiger partial charge in [-0.3, -0.25) is 4.99 Å². The first-order valence-electron chi connectivity index (χ1n) is 8.05. The van der Waals surface area contributed by atoms with Gasteiger partial charge in [-0.05, 0) is 56.9 Å². The lowest BCUT2D eigenvalue weighted by atomic mass is 9.97. The molecule has 1 heterocycles. The number of piperidine rings is 1. The fourth-order valence-corrected chi connectivity index (χ4v) is 2.97. The second kappa shape index (κ2) is 9.01. The Labute approximate surface area is 138 Å². The molecule has 0 atom stereocenters. The molecule has 1 saturated heterocycles. The summed E-state index contributed by atoms with van der Waals surface area (Å²) in [6.45, 7) is 4.23. The lowest BCUT2D eigenvalue weighted by molar-refractivity contribution is 0.220. The van der Waals surface area contributed by atoms with Gasteiger partial charge in [0.2, 0.25) is 0 Å². The van der Waals surface area contributed by atoms with Crippen molar-refractivity contribution in [2.24, 2.45) is 10.9 Å². The number of aliphatic imine (C=N–C) groups is 1. The second-order valence-corrected chi connectivity index (χ2v) is 6.38. The molecule has 0 radical (unpaired) electrons. The number of hydrogen-bond donors (Lipinski definition) is 2. The molecular weight excluding hydrogens is 296 g/mol. The van der Waals surface area contributed by atoms with E-state index in [0.29, 0.717) is 0 Å². The van der Waals surface area contributed by atoms with Crippen LogP contribution in [0.1, 0.15) is 18.4 Å². The van der Waals surface area contributed by atoms with Crippen LogP contribution in [-0.2, 0) is 6.42 Å². The summed E-state index contributed by atoms with van der Waals surface area (Å²) in [4.78, 5) is 6.69. The zero-order valence-electron chi connectivity index (χ0n) is 13.6. The molecule has 1 aliphatic heterocycles. The highest BCUT2D eigenvalue weighted by atomic mass is 35.5. The molecule has 1 fully saturated rings. The van der Waals surface area contributed by atoms with Gasteiger partial charge < -0.3 is 15.5 Å². The molecule has 0 unspecified atom stereocenters. The van der Waals surface area contributed by atoms with Crippen LogP contribution in [0.15, 0.2) is 29.3 Å². The highest BCUT2D eigenvalue weighted by molar-refractivity contribution is 6.31. The molecule has 0 aliphatic carbocycles. The van der Waals surface area contributed by atoms with Crippen molar-refractivity contribution in [2.45, 2.75) is 19.3 Å². The van der Waals surface area contributed by atoms with Crippen LogP contribution in [0.4, 0.5) is 0 Å². The number of rotatable bonds is 5. The average Bonchev–Trinajstić information content (AvgIpc) is 2.54. The minimum absolute atomic E-state index is 0.748. The predicted octanol–water partition coefficient (Wildman–Crippen LogP) is 2.39. The van der Waals surface area contributed by atoms with Gasteiger partial charge in [0, 0.05) is 25.2 Å². The van der Waals surface area contributed by atoms with E-state index in [1.54, 1.807) is 0 Å². The molecule has 122 valence electrons. The third kappa shape index (κ3) is 5.50. The molecule has 5 heteroatoms. The number of benzene rings is 1. The number of likely N-dealkylation sites (tertiary alicyclic amines) is 1. The van der Waals surface area contributed by atoms with E-state index in [0.717, 1.165) is 36.4 Å². The third-order valence-electron chi connectivity index (χ3n) is 4.26. The monoisotopic (exact) mass is 322 g/mol. The quantitative estimate of drug-likeness (QED) is 0.646. The number of nitrogens with one attached hydrogen (secondary N) is 2. The molecular formula is C17H27ClN4. The van der Waals surface area contributed by atoms with E-state index in [9.17, 15) is 0 Å². The molecule has 0 amide bonds. The van der Waals surface area contributed by atoms with Crippen LogP contribution in [0, 0.1) is 5.92 Å². The van der Waals surface area contributed by atoms with Crippen molar-refractivity contribution in [1.29, 1.82) is 0 Å². The van der Waals surface area contributed by atoms with Crippen LogP contribution in [-0.4, -0.2) is 51.1 Å². The highest BCUT2D eigenvalue weighted by Crippen LogP contribution is 2.15. The zero-order chi connectivity index (χ0) is 15.8. The minimum Gasteiger partial charge on any atom is -0.356 e. The van der Waals surface area contributed by atoms with Crippen molar-refractivity contribution < 1.29 is 0 Å². The summed E-state index contributed by atoms with van der Waals surface area (Å²) in [6.07, 6.45) is 3.43. The molecule has 2 N–H and O–H groups in total. The summed E-state index contributed by atoms with van der Waals surface area (Å²) in [5.74, 6) is 1.63. The topological polar surface area (TPSA) is 39.7 Å². The summed E-state index contributed by atoms with van der Waals surface area (Å²) in [5.41, 5.74) is 1.17. The van der Waals surface area contributed by atoms with Crippen molar-refractivity contribution in [2.75, 3.05) is 40.3 Å². The summed E-state index contributed by atoms with van der Waals surface area (Å²) in [5, 5.41) is 7.64. The summed E-state index contributed by atoms with van der Waals surface area (Å²) in [6, 6.07) is 7.98. The first-order chi connectivity index (χ1) is 10.7. The lowest BCUT2D eigenvalue weighted by Crippen LogP contribution is -2.42. The van der Waals surface area contributed by atoms with Crippen molar-refractivity contribution in [3.8, 4) is 0 Å². The van der Waals surface area contributed by atoms with E-state index in [-0.39, 0.29) is 0 Å². The highest BCUT2D eigenvalue weighted by Gasteiger charge is 2.16. The van der Waals surface area contributed by atoms with Crippen molar-refractivity contribution in [3.05, 3.63) is 34.9 Å². The van der Waals surface area contributed by atoms with Gasteiger partial charge in [0.1, 0.15) is 0 Å². The third-order valence-corrected chi connectivity index (χ3v) is 4.63. The normalized spacial score (nSPS) is 17.5. The van der Waals surface area contributed by atoms with E-state index in [4.69, 9.17) is 11.6 Å². The van der Waals surface area contributed by atoms with Crippen LogP contribution < -0.4 is 10.6 Å². The van der Waals surface area contributed by atoms with Crippen molar-refractivity contribution in [3.63, 3.8) is 0 Å². The Balaban J connectivity index is 1.68. The summed E-state index contributed by atoms with van der Waals surface area (Å²) in [7, 11) is 4.01. The maximum absolute atomic E-state index is 6.17. The fraction of sp³-hybridized carbons (Fsp3) is 0.588. The van der Waals surface area contributed by atoms with Gasteiger partial charge in [0.25, 0.3) is 0 Å². The van der Waals surface area contributed by atoms with Gasteiger partial charge in [-0.15, -0.1) is 0 Å². The average molecular weight is 323 g/mol. The van der Waals surface area contributed by atoms with Gasteiger partial charge in [-0.25, -0.2) is 0 Å². The molecule has 0 bridgehead atoms. The maximum Gasteiger partial charge on any atom is 0.190 e.